The van der Waals surface area contributed by atoms with Gasteiger partial charge < -0.3 is 19.7 Å². The average molecular weight is 394 g/mol. The van der Waals surface area contributed by atoms with Crippen molar-refractivity contribution in [1.82, 2.24) is 0 Å². The molecule has 0 aromatic heterocycles. The molecule has 8 heteroatoms. The summed E-state index contributed by atoms with van der Waals surface area (Å²) >= 11 is 0. The molecule has 0 saturated heterocycles. The van der Waals surface area contributed by atoms with Gasteiger partial charge in [0.05, 0.1) is 18.8 Å². The lowest BCUT2D eigenvalue weighted by Gasteiger charge is -2.28. The quantitative estimate of drug-likeness (QED) is 0.315. The Kier molecular flexibility index (Phi) is 9.14. The Morgan fingerprint density at radius 2 is 1.50 bits per heavy atom. The number of unbranched alkanes of at least 4 members (excludes halogenated alkanes) is 2. The van der Waals surface area contributed by atoms with Gasteiger partial charge in [0, 0.05) is 6.42 Å². The molecule has 0 radical (unpaired) electrons. The zero-order valence-corrected chi connectivity index (χ0v) is 16.1. The van der Waals surface area contributed by atoms with Gasteiger partial charge in [-0.25, -0.2) is 4.79 Å². The molecule has 1 unspecified atom stereocenters. The summed E-state index contributed by atoms with van der Waals surface area (Å²) in [5.74, 6) is -3.71. The number of rotatable bonds is 12. The lowest BCUT2D eigenvalue weighted by molar-refractivity contribution is -0.162. The maximum Gasteiger partial charge on any atom is 0.338 e. The summed E-state index contributed by atoms with van der Waals surface area (Å²) in [6.45, 7) is 3.49. The molecule has 154 valence electrons. The summed E-state index contributed by atoms with van der Waals surface area (Å²) in [6.07, 6.45) is 1.11. The van der Waals surface area contributed by atoms with Gasteiger partial charge in [-0.05, 0) is 44.4 Å². The van der Waals surface area contributed by atoms with Gasteiger partial charge in [0.25, 0.3) is 0 Å². The molecule has 8 nitrogen and oxygen atoms in total. The van der Waals surface area contributed by atoms with E-state index < -0.39 is 29.3 Å². The molecular weight excluding hydrogens is 368 g/mol. The first-order chi connectivity index (χ1) is 13.3. The van der Waals surface area contributed by atoms with Crippen LogP contribution in [0, 0.1) is 0 Å². The molecule has 0 bridgehead atoms. The largest absolute Gasteiger partial charge is 0.481 e. The summed E-state index contributed by atoms with van der Waals surface area (Å²) in [7, 11) is 0. The van der Waals surface area contributed by atoms with E-state index in [0.29, 0.717) is 19.3 Å². The molecule has 0 aliphatic heterocycles. The molecule has 0 heterocycles. The molecule has 0 saturated carbocycles. The summed E-state index contributed by atoms with van der Waals surface area (Å²) in [6, 6.07) is 5.65. The summed E-state index contributed by atoms with van der Waals surface area (Å²) in [5.41, 5.74) is -1.48. The Hall–Kier alpha value is -2.90. The minimum atomic E-state index is -1.92. The highest BCUT2D eigenvalue weighted by atomic mass is 16.5. The first-order valence-electron chi connectivity index (χ1n) is 9.19. The van der Waals surface area contributed by atoms with Gasteiger partial charge in [0.2, 0.25) is 0 Å². The maximum atomic E-state index is 12.6. The number of carboxylic acid groups (broad SMARTS) is 2. The lowest BCUT2D eigenvalue weighted by atomic mass is 9.76. The number of ether oxygens (including phenoxy) is 2. The molecule has 28 heavy (non-hydrogen) atoms. The second-order valence-corrected chi connectivity index (χ2v) is 6.18. The number of carboxylic acids is 2. The first-order valence-corrected chi connectivity index (χ1v) is 9.19. The third kappa shape index (κ3) is 5.80. The Labute approximate surface area is 163 Å². The van der Waals surface area contributed by atoms with Crippen molar-refractivity contribution in [2.24, 2.45) is 0 Å². The van der Waals surface area contributed by atoms with Gasteiger partial charge in [-0.3, -0.25) is 14.4 Å². The molecule has 2 N–H and O–H groups in total. The Bertz CT molecular complexity index is 695. The number of hydrogen-bond acceptors (Lipinski definition) is 6. The van der Waals surface area contributed by atoms with Gasteiger partial charge in [0.15, 0.2) is 5.41 Å². The van der Waals surface area contributed by atoms with E-state index in [0.717, 1.165) is 0 Å². The first kappa shape index (κ1) is 23.1. The zero-order valence-electron chi connectivity index (χ0n) is 16.1. The number of benzene rings is 1. The van der Waals surface area contributed by atoms with Crippen molar-refractivity contribution >= 4 is 23.9 Å². The van der Waals surface area contributed by atoms with Crippen LogP contribution in [0.15, 0.2) is 24.3 Å². The van der Waals surface area contributed by atoms with Crippen LogP contribution in [0.5, 0.6) is 0 Å². The van der Waals surface area contributed by atoms with Crippen LogP contribution in [-0.2, 0) is 29.3 Å². The van der Waals surface area contributed by atoms with Crippen molar-refractivity contribution in [3.63, 3.8) is 0 Å². The molecule has 0 spiro atoms. The van der Waals surface area contributed by atoms with Crippen LogP contribution >= 0.6 is 0 Å². The molecule has 1 aromatic rings. The SMILES string of the molecule is CCOC(=O)c1ccc(C(CCCCCC(=O)O)(C(=O)O)C(=O)OCC)cc1. The number of carbonyl (C=O) groups excluding carboxylic acids is 2. The Morgan fingerprint density at radius 3 is 2.00 bits per heavy atom. The predicted molar refractivity (Wildman–Crippen MR) is 99.1 cm³/mol. The van der Waals surface area contributed by atoms with Crippen molar-refractivity contribution < 1.29 is 38.9 Å². The monoisotopic (exact) mass is 394 g/mol. The van der Waals surface area contributed by atoms with E-state index >= 15 is 0 Å². The second-order valence-electron chi connectivity index (χ2n) is 6.18. The van der Waals surface area contributed by atoms with Crippen LogP contribution in [0.2, 0.25) is 0 Å². The lowest BCUT2D eigenvalue weighted by Crippen LogP contribution is -2.45. The molecule has 0 aliphatic carbocycles. The van der Waals surface area contributed by atoms with E-state index in [1.54, 1.807) is 13.8 Å². The predicted octanol–water partition coefficient (Wildman–Crippen LogP) is 2.78. The molecule has 0 amide bonds. The van der Waals surface area contributed by atoms with Crippen molar-refractivity contribution in [1.29, 1.82) is 0 Å². The average Bonchev–Trinajstić information content (AvgIpc) is 2.64. The number of hydrogen-bond donors (Lipinski definition) is 2. The van der Waals surface area contributed by atoms with Crippen molar-refractivity contribution in [3.8, 4) is 0 Å². The van der Waals surface area contributed by atoms with E-state index in [1.165, 1.54) is 24.3 Å². The summed E-state index contributed by atoms with van der Waals surface area (Å²) in [5, 5.41) is 18.6. The van der Waals surface area contributed by atoms with Crippen LogP contribution in [0.1, 0.15) is 61.9 Å². The van der Waals surface area contributed by atoms with Crippen LogP contribution in [0.3, 0.4) is 0 Å². The molecule has 1 rings (SSSR count). The van der Waals surface area contributed by atoms with E-state index in [1.807, 2.05) is 0 Å². The van der Waals surface area contributed by atoms with Crippen LogP contribution in [0.25, 0.3) is 0 Å². The molecular formula is C20H26O8. The zero-order chi connectivity index (χ0) is 21.2. The van der Waals surface area contributed by atoms with E-state index in [9.17, 15) is 24.3 Å². The molecule has 0 fully saturated rings. The smallest absolute Gasteiger partial charge is 0.338 e. The van der Waals surface area contributed by atoms with Crippen molar-refractivity contribution in [2.45, 2.75) is 51.4 Å². The van der Waals surface area contributed by atoms with E-state index in [2.05, 4.69) is 0 Å². The van der Waals surface area contributed by atoms with Gasteiger partial charge in [-0.1, -0.05) is 25.0 Å². The van der Waals surface area contributed by atoms with Crippen LogP contribution < -0.4 is 0 Å². The van der Waals surface area contributed by atoms with E-state index in [-0.39, 0.29) is 37.2 Å². The van der Waals surface area contributed by atoms with Gasteiger partial charge in [0.1, 0.15) is 0 Å². The highest BCUT2D eigenvalue weighted by Gasteiger charge is 2.48. The molecule has 1 atom stereocenters. The van der Waals surface area contributed by atoms with Gasteiger partial charge in [-0.15, -0.1) is 0 Å². The minimum absolute atomic E-state index is 0.0201. The molecule has 0 aliphatic rings. The number of esters is 2. The van der Waals surface area contributed by atoms with Crippen molar-refractivity contribution in [3.05, 3.63) is 35.4 Å². The van der Waals surface area contributed by atoms with Gasteiger partial charge in [-0.2, -0.15) is 0 Å². The highest BCUT2D eigenvalue weighted by Crippen LogP contribution is 2.33. The number of carbonyl (C=O) groups is 4. The van der Waals surface area contributed by atoms with Crippen LogP contribution in [-0.4, -0.2) is 47.3 Å². The fourth-order valence-corrected chi connectivity index (χ4v) is 2.88. The second kappa shape index (κ2) is 11.1. The normalized spacial score (nSPS) is 12.6. The molecule has 1 aromatic carbocycles. The van der Waals surface area contributed by atoms with Crippen molar-refractivity contribution in [2.75, 3.05) is 13.2 Å². The van der Waals surface area contributed by atoms with Crippen LogP contribution in [0.4, 0.5) is 0 Å². The standard InChI is InChI=1S/C20H26O8/c1-3-27-17(23)14-9-11-15(12-10-14)20(18(24)25,19(26)28-4-2)13-7-5-6-8-16(21)22/h9-12H,3-8,13H2,1-2H3,(H,21,22)(H,24,25). The minimum Gasteiger partial charge on any atom is -0.481 e. The topological polar surface area (TPSA) is 127 Å². The fraction of sp³-hybridized carbons (Fsp3) is 0.500. The number of aliphatic carboxylic acids is 2. The maximum absolute atomic E-state index is 12.6. The Balaban J connectivity index is 3.14. The third-order valence-corrected chi connectivity index (χ3v) is 4.32. The third-order valence-electron chi connectivity index (χ3n) is 4.32. The van der Waals surface area contributed by atoms with Gasteiger partial charge >= 0.3 is 23.9 Å². The van der Waals surface area contributed by atoms with E-state index in [4.69, 9.17) is 14.6 Å². The summed E-state index contributed by atoms with van der Waals surface area (Å²) < 4.78 is 9.93. The Morgan fingerprint density at radius 1 is 0.893 bits per heavy atom. The highest BCUT2D eigenvalue weighted by molar-refractivity contribution is 6.05. The summed E-state index contributed by atoms with van der Waals surface area (Å²) in [4.78, 5) is 47.2. The fourth-order valence-electron chi connectivity index (χ4n) is 2.88.